The molecule has 0 aromatic heterocycles. The molecule has 0 heterocycles. The Balaban J connectivity index is 3.10. The molecule has 0 aliphatic carbocycles. The van der Waals surface area contributed by atoms with E-state index in [0.29, 0.717) is 10.0 Å². The molecule has 0 bridgehead atoms. The second kappa shape index (κ2) is 3.88. The maximum atomic E-state index is 12.7. The molecule has 0 fully saturated rings. The molecule has 0 saturated carbocycles. The van der Waals surface area contributed by atoms with Crippen molar-refractivity contribution in [2.75, 3.05) is 0 Å². The Kier molecular flexibility index (Phi) is 3.07. The molecule has 0 amide bonds. The lowest BCUT2D eigenvalue weighted by atomic mass is 10.1. The van der Waals surface area contributed by atoms with Crippen molar-refractivity contribution in [1.82, 2.24) is 0 Å². The number of benzene rings is 1. The van der Waals surface area contributed by atoms with Crippen LogP contribution >= 0.6 is 27.5 Å². The molecular weight excluding hydrogens is 244 g/mol. The minimum absolute atomic E-state index is 0.403. The van der Waals surface area contributed by atoms with Gasteiger partial charge in [-0.3, -0.25) is 0 Å². The van der Waals surface area contributed by atoms with Crippen LogP contribution in [0, 0.1) is 17.1 Å². The lowest BCUT2D eigenvalue weighted by Gasteiger charge is -2.01. The molecule has 1 unspecified atom stereocenters. The predicted molar refractivity (Wildman–Crippen MR) is 48.3 cm³/mol. The van der Waals surface area contributed by atoms with E-state index in [1.807, 2.05) is 6.07 Å². The second-order valence-corrected chi connectivity index (χ2v) is 3.55. The monoisotopic (exact) mass is 247 g/mol. The summed E-state index contributed by atoms with van der Waals surface area (Å²) in [5.74, 6) is -0.403. The van der Waals surface area contributed by atoms with Gasteiger partial charge in [0.15, 0.2) is 0 Å². The number of rotatable bonds is 1. The summed E-state index contributed by atoms with van der Waals surface area (Å²) in [5.41, 5.74) is 0.464. The molecule has 1 aromatic carbocycles. The zero-order chi connectivity index (χ0) is 9.14. The normalized spacial score (nSPS) is 12.2. The van der Waals surface area contributed by atoms with Crippen LogP contribution in [0.25, 0.3) is 0 Å². The quantitative estimate of drug-likeness (QED) is 0.699. The highest BCUT2D eigenvalue weighted by atomic mass is 79.9. The smallest absolute Gasteiger partial charge is 0.145 e. The highest BCUT2D eigenvalue weighted by Gasteiger charge is 2.07. The van der Waals surface area contributed by atoms with E-state index >= 15 is 0 Å². The molecule has 1 nitrogen and oxygen atoms in total. The van der Waals surface area contributed by atoms with Crippen LogP contribution in [-0.2, 0) is 0 Å². The van der Waals surface area contributed by atoms with Crippen LogP contribution in [-0.4, -0.2) is 0 Å². The van der Waals surface area contributed by atoms with Crippen molar-refractivity contribution in [2.24, 2.45) is 0 Å². The third kappa shape index (κ3) is 2.20. The molecule has 0 aliphatic rings. The molecule has 1 rings (SSSR count). The molecule has 12 heavy (non-hydrogen) atoms. The Bertz CT molecular complexity index is 314. The van der Waals surface area contributed by atoms with Gasteiger partial charge >= 0.3 is 0 Å². The van der Waals surface area contributed by atoms with Gasteiger partial charge in [-0.25, -0.2) is 4.39 Å². The topological polar surface area (TPSA) is 23.8 Å². The van der Waals surface area contributed by atoms with E-state index in [1.54, 1.807) is 6.07 Å². The van der Waals surface area contributed by atoms with E-state index < -0.39 is 11.2 Å². The Morgan fingerprint density at radius 1 is 1.50 bits per heavy atom. The lowest BCUT2D eigenvalue weighted by molar-refractivity contribution is 0.625. The van der Waals surface area contributed by atoms with Gasteiger partial charge in [-0.2, -0.15) is 5.26 Å². The number of nitrogens with zero attached hydrogens (tertiary/aromatic N) is 1. The standard InChI is InChI=1S/C8H4BrClFN/c9-6-1-5(8(10)4-12)2-7(11)3-6/h1-3,8H. The fraction of sp³-hybridized carbons (Fsp3) is 0.125. The van der Waals surface area contributed by atoms with Gasteiger partial charge < -0.3 is 0 Å². The molecule has 0 radical (unpaired) electrons. The van der Waals surface area contributed by atoms with Crippen molar-refractivity contribution in [2.45, 2.75) is 5.38 Å². The van der Waals surface area contributed by atoms with Crippen molar-refractivity contribution in [3.05, 3.63) is 34.1 Å². The highest BCUT2D eigenvalue weighted by molar-refractivity contribution is 9.10. The minimum atomic E-state index is -0.794. The second-order valence-electron chi connectivity index (χ2n) is 2.19. The van der Waals surface area contributed by atoms with Gasteiger partial charge in [0, 0.05) is 4.47 Å². The third-order valence-electron chi connectivity index (χ3n) is 1.29. The maximum Gasteiger partial charge on any atom is 0.145 e. The van der Waals surface area contributed by atoms with Gasteiger partial charge in [0.25, 0.3) is 0 Å². The van der Waals surface area contributed by atoms with E-state index in [9.17, 15) is 4.39 Å². The van der Waals surface area contributed by atoms with Crippen LogP contribution in [0.5, 0.6) is 0 Å². The molecule has 0 saturated heterocycles. The summed E-state index contributed by atoms with van der Waals surface area (Å²) in [6.07, 6.45) is 0. The summed E-state index contributed by atoms with van der Waals surface area (Å²) in [5, 5.41) is 7.66. The first-order valence-electron chi connectivity index (χ1n) is 3.13. The van der Waals surface area contributed by atoms with Gasteiger partial charge in [0.05, 0.1) is 6.07 Å². The number of nitriles is 1. The van der Waals surface area contributed by atoms with Crippen LogP contribution in [0.1, 0.15) is 10.9 Å². The van der Waals surface area contributed by atoms with E-state index in [-0.39, 0.29) is 0 Å². The van der Waals surface area contributed by atoms with E-state index in [1.165, 1.54) is 12.1 Å². The maximum absolute atomic E-state index is 12.7. The first-order valence-corrected chi connectivity index (χ1v) is 4.36. The SMILES string of the molecule is N#CC(Cl)c1cc(F)cc(Br)c1. The van der Waals surface area contributed by atoms with Gasteiger partial charge in [0.1, 0.15) is 11.2 Å². The van der Waals surface area contributed by atoms with E-state index in [2.05, 4.69) is 15.9 Å². The van der Waals surface area contributed by atoms with E-state index in [0.717, 1.165) is 0 Å². The average molecular weight is 248 g/mol. The van der Waals surface area contributed by atoms with Gasteiger partial charge in [-0.15, -0.1) is 11.6 Å². The minimum Gasteiger partial charge on any atom is -0.207 e. The van der Waals surface area contributed by atoms with Crippen LogP contribution in [0.2, 0.25) is 0 Å². The summed E-state index contributed by atoms with van der Waals surface area (Å²) in [4.78, 5) is 0. The van der Waals surface area contributed by atoms with Gasteiger partial charge in [0.2, 0.25) is 0 Å². The van der Waals surface area contributed by atoms with Crippen molar-refractivity contribution in [3.8, 4) is 6.07 Å². The van der Waals surface area contributed by atoms with Crippen LogP contribution in [0.15, 0.2) is 22.7 Å². The molecular formula is C8H4BrClFN. The third-order valence-corrected chi connectivity index (χ3v) is 2.10. The summed E-state index contributed by atoms with van der Waals surface area (Å²) in [6.45, 7) is 0. The zero-order valence-electron chi connectivity index (χ0n) is 5.89. The molecule has 0 spiro atoms. The Morgan fingerprint density at radius 3 is 2.67 bits per heavy atom. The molecule has 62 valence electrons. The van der Waals surface area contributed by atoms with Gasteiger partial charge in [-0.05, 0) is 23.8 Å². The van der Waals surface area contributed by atoms with Crippen LogP contribution in [0.3, 0.4) is 0 Å². The summed E-state index contributed by atoms with van der Waals surface area (Å²) < 4.78 is 13.3. The predicted octanol–water partition coefficient (Wildman–Crippen LogP) is 3.39. The van der Waals surface area contributed by atoms with Crippen LogP contribution < -0.4 is 0 Å². The number of halogens is 3. The zero-order valence-corrected chi connectivity index (χ0v) is 8.23. The summed E-state index contributed by atoms with van der Waals surface area (Å²) in [6, 6.07) is 5.98. The Hall–Kier alpha value is -0.590. The lowest BCUT2D eigenvalue weighted by Crippen LogP contribution is -1.87. The molecule has 0 N–H and O–H groups in total. The number of hydrogen-bond donors (Lipinski definition) is 0. The molecule has 1 atom stereocenters. The summed E-state index contributed by atoms with van der Waals surface area (Å²) in [7, 11) is 0. The highest BCUT2D eigenvalue weighted by Crippen LogP contribution is 2.23. The Morgan fingerprint density at radius 2 is 2.17 bits per heavy atom. The first-order chi connectivity index (χ1) is 5.63. The van der Waals surface area contributed by atoms with Crippen molar-refractivity contribution in [1.29, 1.82) is 5.26 Å². The number of hydrogen-bond acceptors (Lipinski definition) is 1. The summed E-state index contributed by atoms with van der Waals surface area (Å²) >= 11 is 8.69. The van der Waals surface area contributed by atoms with Crippen molar-refractivity contribution >= 4 is 27.5 Å². The number of alkyl halides is 1. The molecule has 1 aromatic rings. The fourth-order valence-electron chi connectivity index (χ4n) is 0.796. The average Bonchev–Trinajstić information content (AvgIpc) is 2.01. The first kappa shape index (κ1) is 9.50. The molecule has 0 aliphatic heterocycles. The van der Waals surface area contributed by atoms with Crippen LogP contribution in [0.4, 0.5) is 4.39 Å². The molecule has 4 heteroatoms. The fourth-order valence-corrected chi connectivity index (χ4v) is 1.41. The van der Waals surface area contributed by atoms with Crippen molar-refractivity contribution < 1.29 is 4.39 Å². The van der Waals surface area contributed by atoms with Crippen molar-refractivity contribution in [3.63, 3.8) is 0 Å². The Labute approximate surface area is 82.9 Å². The van der Waals surface area contributed by atoms with Gasteiger partial charge in [-0.1, -0.05) is 15.9 Å². The largest absolute Gasteiger partial charge is 0.207 e. The van der Waals surface area contributed by atoms with E-state index in [4.69, 9.17) is 16.9 Å².